The van der Waals surface area contributed by atoms with Crippen LogP contribution in [0.2, 0.25) is 0 Å². The number of halogens is 1. The minimum atomic E-state index is -0.348. The predicted octanol–water partition coefficient (Wildman–Crippen LogP) is 4.69. The van der Waals surface area contributed by atoms with Crippen LogP contribution in [0.3, 0.4) is 0 Å². The number of hydrogen-bond acceptors (Lipinski definition) is 3. The van der Waals surface area contributed by atoms with Crippen molar-refractivity contribution >= 4 is 17.4 Å². The van der Waals surface area contributed by atoms with E-state index in [2.05, 4.69) is 15.4 Å². The van der Waals surface area contributed by atoms with Gasteiger partial charge in [-0.1, -0.05) is 24.1 Å². The van der Waals surface area contributed by atoms with Crippen LogP contribution in [0.25, 0.3) is 0 Å². The van der Waals surface area contributed by atoms with Gasteiger partial charge < -0.3 is 5.32 Å². The minimum Gasteiger partial charge on any atom is -0.308 e. The first kappa shape index (κ1) is 19.1. The molecule has 0 bridgehead atoms. The monoisotopic (exact) mass is 393 g/mol. The van der Waals surface area contributed by atoms with Crippen LogP contribution in [-0.2, 0) is 19.5 Å². The van der Waals surface area contributed by atoms with Crippen molar-refractivity contribution in [1.29, 1.82) is 0 Å². The Kier molecular flexibility index (Phi) is 5.55. The zero-order valence-corrected chi connectivity index (χ0v) is 16.4. The van der Waals surface area contributed by atoms with Crippen molar-refractivity contribution in [2.75, 3.05) is 10.2 Å². The Morgan fingerprint density at radius 2 is 1.86 bits per heavy atom. The number of nitrogens with one attached hydrogen (secondary N) is 1. The van der Waals surface area contributed by atoms with E-state index < -0.39 is 0 Å². The van der Waals surface area contributed by atoms with Gasteiger partial charge in [-0.15, -0.1) is 0 Å². The molecule has 0 saturated heterocycles. The third kappa shape index (κ3) is 4.62. The average molecular weight is 393 g/mol. The largest absolute Gasteiger partial charge is 0.326 e. The van der Waals surface area contributed by atoms with Crippen molar-refractivity contribution in [3.05, 3.63) is 71.6 Å². The minimum absolute atomic E-state index is 0.212. The molecule has 2 aromatic carbocycles. The molecule has 29 heavy (non-hydrogen) atoms. The standard InChI is InChI=1S/C22H24FN5O/c1-16-6-10-18(11-7-16)24-22(29)27(19-12-8-17(23)9-13-19)15-20-25-21-5-3-2-4-14-28(21)26-20/h6-13H,2-5,14-15H2,1H3,(H,24,29). The van der Waals surface area contributed by atoms with Gasteiger partial charge in [0.1, 0.15) is 11.6 Å². The first-order valence-corrected chi connectivity index (χ1v) is 9.92. The molecule has 4 rings (SSSR count). The van der Waals surface area contributed by atoms with Crippen LogP contribution in [0.5, 0.6) is 0 Å². The summed E-state index contributed by atoms with van der Waals surface area (Å²) in [7, 11) is 0. The van der Waals surface area contributed by atoms with Gasteiger partial charge in [0.15, 0.2) is 5.82 Å². The summed E-state index contributed by atoms with van der Waals surface area (Å²) in [5, 5.41) is 7.51. The van der Waals surface area contributed by atoms with Crippen molar-refractivity contribution in [3.63, 3.8) is 0 Å². The number of carbonyl (C=O) groups excluding carboxylic acids is 1. The van der Waals surface area contributed by atoms with Crippen LogP contribution in [0.4, 0.5) is 20.6 Å². The third-order valence-corrected chi connectivity index (χ3v) is 5.05. The van der Waals surface area contributed by atoms with E-state index in [1.165, 1.54) is 23.5 Å². The van der Waals surface area contributed by atoms with Crippen LogP contribution >= 0.6 is 0 Å². The van der Waals surface area contributed by atoms with Crippen molar-refractivity contribution in [1.82, 2.24) is 14.8 Å². The summed E-state index contributed by atoms with van der Waals surface area (Å²) in [6.45, 7) is 3.06. The number of aryl methyl sites for hydroxylation is 3. The lowest BCUT2D eigenvalue weighted by molar-refractivity contribution is 0.256. The van der Waals surface area contributed by atoms with Gasteiger partial charge in [0, 0.05) is 24.3 Å². The summed E-state index contributed by atoms with van der Waals surface area (Å²) in [4.78, 5) is 19.2. The van der Waals surface area contributed by atoms with Crippen LogP contribution < -0.4 is 10.2 Å². The first-order valence-electron chi connectivity index (χ1n) is 9.92. The van der Waals surface area contributed by atoms with E-state index in [1.54, 1.807) is 12.1 Å². The lowest BCUT2D eigenvalue weighted by atomic mass is 10.2. The molecule has 0 saturated carbocycles. The Bertz CT molecular complexity index is 958. The maximum atomic E-state index is 13.4. The maximum absolute atomic E-state index is 13.4. The summed E-state index contributed by atoms with van der Waals surface area (Å²) < 4.78 is 15.4. The Morgan fingerprint density at radius 1 is 1.10 bits per heavy atom. The lowest BCUT2D eigenvalue weighted by Gasteiger charge is -2.22. The molecule has 0 unspecified atom stereocenters. The summed E-state index contributed by atoms with van der Waals surface area (Å²) >= 11 is 0. The highest BCUT2D eigenvalue weighted by Crippen LogP contribution is 2.20. The maximum Gasteiger partial charge on any atom is 0.326 e. The van der Waals surface area contributed by atoms with Crippen LogP contribution in [0.1, 0.15) is 36.5 Å². The second-order valence-electron chi connectivity index (χ2n) is 7.34. The number of benzene rings is 2. The topological polar surface area (TPSA) is 63.1 Å². The number of carbonyl (C=O) groups is 1. The molecule has 0 spiro atoms. The molecule has 1 aliphatic heterocycles. The van der Waals surface area contributed by atoms with Crippen molar-refractivity contribution < 1.29 is 9.18 Å². The van der Waals surface area contributed by atoms with E-state index in [-0.39, 0.29) is 18.4 Å². The molecule has 2 amide bonds. The van der Waals surface area contributed by atoms with Gasteiger partial charge in [0.25, 0.3) is 0 Å². The second kappa shape index (κ2) is 8.43. The fourth-order valence-corrected chi connectivity index (χ4v) is 3.45. The molecule has 0 radical (unpaired) electrons. The number of hydrogen-bond donors (Lipinski definition) is 1. The van der Waals surface area contributed by atoms with Gasteiger partial charge in [-0.05, 0) is 56.2 Å². The summed E-state index contributed by atoms with van der Waals surface area (Å²) in [6, 6.07) is 13.1. The van der Waals surface area contributed by atoms with Gasteiger partial charge in [-0.2, -0.15) is 5.10 Å². The van der Waals surface area contributed by atoms with Crippen LogP contribution in [0, 0.1) is 12.7 Å². The van der Waals surface area contributed by atoms with Crippen LogP contribution in [0.15, 0.2) is 48.5 Å². The van der Waals surface area contributed by atoms with Gasteiger partial charge >= 0.3 is 6.03 Å². The summed E-state index contributed by atoms with van der Waals surface area (Å²) in [5.74, 6) is 1.21. The molecule has 3 aromatic rings. The Hall–Kier alpha value is -3.22. The Balaban J connectivity index is 1.59. The zero-order chi connectivity index (χ0) is 20.2. The SMILES string of the molecule is Cc1ccc(NC(=O)N(Cc2nc3n(n2)CCCCC3)c2ccc(F)cc2)cc1. The predicted molar refractivity (Wildman–Crippen MR) is 110 cm³/mol. The number of fused-ring (bicyclic) bond motifs is 1. The molecular weight excluding hydrogens is 369 g/mol. The molecule has 2 heterocycles. The van der Waals surface area contributed by atoms with Crippen molar-refractivity contribution in [2.45, 2.75) is 45.7 Å². The number of amides is 2. The van der Waals surface area contributed by atoms with E-state index in [1.807, 2.05) is 35.9 Å². The highest BCUT2D eigenvalue weighted by atomic mass is 19.1. The molecular formula is C22H24FN5O. The molecule has 7 heteroatoms. The molecule has 6 nitrogen and oxygen atoms in total. The highest BCUT2D eigenvalue weighted by Gasteiger charge is 2.21. The molecule has 150 valence electrons. The number of rotatable bonds is 4. The molecule has 0 fully saturated rings. The van der Waals surface area contributed by atoms with E-state index in [4.69, 9.17) is 0 Å². The average Bonchev–Trinajstić information content (AvgIpc) is 2.97. The lowest BCUT2D eigenvalue weighted by Crippen LogP contribution is -2.35. The highest BCUT2D eigenvalue weighted by molar-refractivity contribution is 6.01. The van der Waals surface area contributed by atoms with Crippen molar-refractivity contribution in [2.24, 2.45) is 0 Å². The zero-order valence-electron chi connectivity index (χ0n) is 16.4. The molecule has 0 aliphatic carbocycles. The van der Waals surface area contributed by atoms with E-state index in [0.717, 1.165) is 37.2 Å². The summed E-state index contributed by atoms with van der Waals surface area (Å²) in [6.07, 6.45) is 4.28. The number of anilines is 2. The molecule has 1 aliphatic rings. The van der Waals surface area contributed by atoms with Gasteiger partial charge in [0.05, 0.1) is 6.54 Å². The fourth-order valence-electron chi connectivity index (χ4n) is 3.45. The smallest absolute Gasteiger partial charge is 0.308 e. The van der Waals surface area contributed by atoms with Crippen LogP contribution in [-0.4, -0.2) is 20.8 Å². The fraction of sp³-hybridized carbons (Fsp3) is 0.318. The normalized spacial score (nSPS) is 13.4. The second-order valence-corrected chi connectivity index (χ2v) is 7.34. The van der Waals surface area contributed by atoms with E-state index in [9.17, 15) is 9.18 Å². The number of urea groups is 1. The van der Waals surface area contributed by atoms with E-state index in [0.29, 0.717) is 17.2 Å². The summed E-state index contributed by atoms with van der Waals surface area (Å²) in [5.41, 5.74) is 2.39. The molecule has 1 aromatic heterocycles. The van der Waals surface area contributed by atoms with Crippen molar-refractivity contribution in [3.8, 4) is 0 Å². The van der Waals surface area contributed by atoms with Gasteiger partial charge in [0.2, 0.25) is 0 Å². The molecule has 1 N–H and O–H groups in total. The van der Waals surface area contributed by atoms with Gasteiger partial charge in [-0.3, -0.25) is 4.90 Å². The van der Waals surface area contributed by atoms with Gasteiger partial charge in [-0.25, -0.2) is 18.9 Å². The number of aromatic nitrogens is 3. The van der Waals surface area contributed by atoms with E-state index >= 15 is 0 Å². The Morgan fingerprint density at radius 3 is 2.62 bits per heavy atom. The third-order valence-electron chi connectivity index (χ3n) is 5.05. The first-order chi connectivity index (χ1) is 14.1. The Labute approximate surface area is 169 Å². The molecule has 0 atom stereocenters. The quantitative estimate of drug-likeness (QED) is 0.699. The number of nitrogens with zero attached hydrogens (tertiary/aromatic N) is 4.